The first-order valence-electron chi connectivity index (χ1n) is 6.77. The van der Waals surface area contributed by atoms with Crippen LogP contribution in [0.25, 0.3) is 0 Å². The van der Waals surface area contributed by atoms with E-state index in [-0.39, 0.29) is 11.8 Å². The average molecular weight is 278 g/mol. The number of nitrogens with one attached hydrogen (secondary N) is 1. The summed E-state index contributed by atoms with van der Waals surface area (Å²) in [5.41, 5.74) is 0.948. The van der Waals surface area contributed by atoms with E-state index in [0.717, 1.165) is 0 Å². The molecule has 0 aliphatic carbocycles. The lowest BCUT2D eigenvalue weighted by molar-refractivity contribution is 0.0802. The van der Waals surface area contributed by atoms with Crippen LogP contribution in [0.5, 0.6) is 0 Å². The maximum absolute atomic E-state index is 12.0. The molecule has 0 fully saturated rings. The first kappa shape index (κ1) is 16.2. The number of carbonyl (C=O) groups excluding carboxylic acids is 2. The molecule has 2 amide bonds. The average Bonchev–Trinajstić information content (AvgIpc) is 2.45. The molecule has 0 spiro atoms. The second-order valence-electron chi connectivity index (χ2n) is 4.79. The Labute approximate surface area is 119 Å². The second kappa shape index (κ2) is 7.65. The van der Waals surface area contributed by atoms with E-state index in [2.05, 4.69) is 5.32 Å². The fourth-order valence-corrected chi connectivity index (χ4v) is 1.65. The summed E-state index contributed by atoms with van der Waals surface area (Å²) in [6, 6.07) is 6.65. The summed E-state index contributed by atoms with van der Waals surface area (Å²) in [6.45, 7) is 4.59. The molecule has 2 N–H and O–H groups in total. The molecule has 0 aliphatic rings. The molecule has 0 bridgehead atoms. The molecule has 5 nitrogen and oxygen atoms in total. The molecule has 5 heteroatoms. The van der Waals surface area contributed by atoms with Gasteiger partial charge in [0.25, 0.3) is 11.8 Å². The van der Waals surface area contributed by atoms with Crippen molar-refractivity contribution in [3.8, 4) is 0 Å². The Morgan fingerprint density at radius 3 is 2.60 bits per heavy atom. The maximum atomic E-state index is 12.0. The molecule has 0 heterocycles. The van der Waals surface area contributed by atoms with Gasteiger partial charge in [0.1, 0.15) is 0 Å². The number of carbonyl (C=O) groups is 2. The summed E-state index contributed by atoms with van der Waals surface area (Å²) in [4.78, 5) is 25.5. The third-order valence-corrected chi connectivity index (χ3v) is 3.04. The van der Waals surface area contributed by atoms with Crippen molar-refractivity contribution >= 4 is 11.8 Å². The molecule has 0 aromatic heterocycles. The standard InChI is InChI=1S/C15H22N2O3/c1-4-17(3)15(20)13-7-5-6-12(10-13)14(19)16-9-8-11(2)18/h5-7,10-11,18H,4,8-9H2,1-3H3,(H,16,19). The van der Waals surface area contributed by atoms with Gasteiger partial charge in [0.15, 0.2) is 0 Å². The second-order valence-corrected chi connectivity index (χ2v) is 4.79. The highest BCUT2D eigenvalue weighted by molar-refractivity contribution is 5.99. The van der Waals surface area contributed by atoms with Crippen LogP contribution in [-0.2, 0) is 0 Å². The number of aliphatic hydroxyl groups excluding tert-OH is 1. The lowest BCUT2D eigenvalue weighted by Gasteiger charge is -2.15. The molecule has 1 atom stereocenters. The normalized spacial score (nSPS) is 11.8. The van der Waals surface area contributed by atoms with Crippen molar-refractivity contribution in [1.82, 2.24) is 10.2 Å². The molecule has 0 aliphatic heterocycles. The number of rotatable bonds is 6. The highest BCUT2D eigenvalue weighted by atomic mass is 16.3. The number of nitrogens with zero attached hydrogens (tertiary/aromatic N) is 1. The van der Waals surface area contributed by atoms with Crippen LogP contribution in [0.2, 0.25) is 0 Å². The largest absolute Gasteiger partial charge is 0.393 e. The Kier molecular flexibility index (Phi) is 6.18. The molecule has 20 heavy (non-hydrogen) atoms. The topological polar surface area (TPSA) is 69.6 Å². The molecule has 1 aromatic rings. The summed E-state index contributed by atoms with van der Waals surface area (Å²) in [5, 5.41) is 11.9. The smallest absolute Gasteiger partial charge is 0.253 e. The number of benzene rings is 1. The third kappa shape index (κ3) is 4.66. The van der Waals surface area contributed by atoms with E-state index in [1.165, 1.54) is 0 Å². The van der Waals surface area contributed by atoms with Crippen molar-refractivity contribution in [1.29, 1.82) is 0 Å². The number of hydrogen-bond donors (Lipinski definition) is 2. The Morgan fingerprint density at radius 2 is 2.00 bits per heavy atom. The third-order valence-electron chi connectivity index (χ3n) is 3.04. The van der Waals surface area contributed by atoms with E-state index in [0.29, 0.717) is 30.6 Å². The van der Waals surface area contributed by atoms with Crippen LogP contribution < -0.4 is 5.32 Å². The van der Waals surface area contributed by atoms with Crippen LogP contribution >= 0.6 is 0 Å². The number of aliphatic hydroxyl groups is 1. The predicted molar refractivity (Wildman–Crippen MR) is 77.7 cm³/mol. The van der Waals surface area contributed by atoms with Gasteiger partial charge in [0.05, 0.1) is 6.10 Å². The Bertz CT molecular complexity index is 472. The van der Waals surface area contributed by atoms with Crippen molar-refractivity contribution in [3.05, 3.63) is 35.4 Å². The predicted octanol–water partition coefficient (Wildman–Crippen LogP) is 1.28. The van der Waals surface area contributed by atoms with Gasteiger partial charge in [-0.2, -0.15) is 0 Å². The zero-order valence-electron chi connectivity index (χ0n) is 12.2. The van der Waals surface area contributed by atoms with E-state index in [1.807, 2.05) is 6.92 Å². The zero-order valence-corrected chi connectivity index (χ0v) is 12.2. The monoisotopic (exact) mass is 278 g/mol. The summed E-state index contributed by atoms with van der Waals surface area (Å²) >= 11 is 0. The Hall–Kier alpha value is -1.88. The Morgan fingerprint density at radius 1 is 1.35 bits per heavy atom. The van der Waals surface area contributed by atoms with E-state index >= 15 is 0 Å². The van der Waals surface area contributed by atoms with Crippen LogP contribution in [-0.4, -0.2) is 48.1 Å². The minimum Gasteiger partial charge on any atom is -0.393 e. The maximum Gasteiger partial charge on any atom is 0.253 e. The number of amides is 2. The summed E-state index contributed by atoms with van der Waals surface area (Å²) in [7, 11) is 1.72. The molecule has 0 saturated heterocycles. The van der Waals surface area contributed by atoms with Gasteiger partial charge >= 0.3 is 0 Å². The zero-order chi connectivity index (χ0) is 15.1. The van der Waals surface area contributed by atoms with Gasteiger partial charge in [-0.1, -0.05) is 6.07 Å². The molecule has 0 saturated carbocycles. The van der Waals surface area contributed by atoms with E-state index < -0.39 is 6.10 Å². The molecular weight excluding hydrogens is 256 g/mol. The van der Waals surface area contributed by atoms with Crippen LogP contribution in [0.3, 0.4) is 0 Å². The van der Waals surface area contributed by atoms with Crippen LogP contribution in [0.4, 0.5) is 0 Å². The van der Waals surface area contributed by atoms with Crippen LogP contribution in [0.1, 0.15) is 41.0 Å². The molecule has 1 aromatic carbocycles. The highest BCUT2D eigenvalue weighted by Crippen LogP contribution is 2.08. The molecular formula is C15H22N2O3. The van der Waals surface area contributed by atoms with Gasteiger partial charge in [0, 0.05) is 31.3 Å². The summed E-state index contributed by atoms with van der Waals surface area (Å²) in [5.74, 6) is -0.342. The van der Waals surface area contributed by atoms with Crippen LogP contribution in [0, 0.1) is 0 Å². The quantitative estimate of drug-likeness (QED) is 0.823. The summed E-state index contributed by atoms with van der Waals surface area (Å²) < 4.78 is 0. The summed E-state index contributed by atoms with van der Waals surface area (Å²) in [6.07, 6.45) is 0.0598. The lowest BCUT2D eigenvalue weighted by Crippen LogP contribution is -2.28. The minimum absolute atomic E-state index is 0.105. The van der Waals surface area contributed by atoms with Gasteiger partial charge in [-0.3, -0.25) is 9.59 Å². The van der Waals surface area contributed by atoms with Gasteiger partial charge in [-0.15, -0.1) is 0 Å². The van der Waals surface area contributed by atoms with Crippen molar-refractivity contribution in [2.24, 2.45) is 0 Å². The van der Waals surface area contributed by atoms with Crippen molar-refractivity contribution in [2.45, 2.75) is 26.4 Å². The minimum atomic E-state index is -0.443. The molecule has 1 rings (SSSR count). The first-order chi connectivity index (χ1) is 9.45. The lowest BCUT2D eigenvalue weighted by atomic mass is 10.1. The fourth-order valence-electron chi connectivity index (χ4n) is 1.65. The Balaban J connectivity index is 2.72. The number of hydrogen-bond acceptors (Lipinski definition) is 3. The first-order valence-corrected chi connectivity index (χ1v) is 6.77. The highest BCUT2D eigenvalue weighted by Gasteiger charge is 2.12. The van der Waals surface area contributed by atoms with E-state index in [4.69, 9.17) is 5.11 Å². The van der Waals surface area contributed by atoms with Gasteiger partial charge < -0.3 is 15.3 Å². The van der Waals surface area contributed by atoms with Crippen molar-refractivity contribution in [3.63, 3.8) is 0 Å². The van der Waals surface area contributed by atoms with Crippen molar-refractivity contribution < 1.29 is 14.7 Å². The SMILES string of the molecule is CCN(C)C(=O)c1cccc(C(=O)NCCC(C)O)c1. The van der Waals surface area contributed by atoms with Gasteiger partial charge in [-0.05, 0) is 38.5 Å². The van der Waals surface area contributed by atoms with Crippen LogP contribution in [0.15, 0.2) is 24.3 Å². The molecule has 1 unspecified atom stereocenters. The van der Waals surface area contributed by atoms with Gasteiger partial charge in [-0.25, -0.2) is 0 Å². The van der Waals surface area contributed by atoms with E-state index in [1.54, 1.807) is 43.1 Å². The molecule has 110 valence electrons. The van der Waals surface area contributed by atoms with E-state index in [9.17, 15) is 9.59 Å². The fraction of sp³-hybridized carbons (Fsp3) is 0.467. The molecule has 0 radical (unpaired) electrons. The van der Waals surface area contributed by atoms with Crippen molar-refractivity contribution in [2.75, 3.05) is 20.1 Å². The van der Waals surface area contributed by atoms with Gasteiger partial charge in [0.2, 0.25) is 0 Å².